The number of pyridine rings is 1. The molecule has 0 amide bonds. The maximum Gasteiger partial charge on any atom is 0.211 e. The number of hydrogen-bond donors (Lipinski definition) is 1. The Morgan fingerprint density at radius 1 is 1.03 bits per heavy atom. The number of rotatable bonds is 5. The molecule has 3 aromatic rings. The summed E-state index contributed by atoms with van der Waals surface area (Å²) < 4.78 is 41.2. The number of aromatic nitrogens is 1. The standard InChI is InChI=1S/C22H21FN4O2S/c1-16-5-3-4-6-20(16)27-15-25-22(26-30(2,28)29,18-7-9-19(23)10-8-18)21(27)17-11-13-24-14-12-17/h3-15,21,26H,1-2H3. The third-order valence-corrected chi connectivity index (χ3v) is 5.78. The molecular weight excluding hydrogens is 403 g/mol. The van der Waals surface area contributed by atoms with Crippen molar-refractivity contribution in [3.63, 3.8) is 0 Å². The molecule has 0 saturated heterocycles. The zero-order valence-corrected chi connectivity index (χ0v) is 17.3. The zero-order valence-electron chi connectivity index (χ0n) is 16.5. The van der Waals surface area contributed by atoms with E-state index in [0.717, 1.165) is 23.1 Å². The number of nitrogens with zero attached hydrogens (tertiary/aromatic N) is 3. The number of aryl methyl sites for hydroxylation is 1. The van der Waals surface area contributed by atoms with Gasteiger partial charge < -0.3 is 4.90 Å². The summed E-state index contributed by atoms with van der Waals surface area (Å²) in [6, 6.07) is 16.6. The smallest absolute Gasteiger partial charge is 0.211 e. The molecule has 0 aliphatic carbocycles. The fraction of sp³-hybridized carbons (Fsp3) is 0.182. The van der Waals surface area contributed by atoms with Gasteiger partial charge >= 0.3 is 0 Å². The summed E-state index contributed by atoms with van der Waals surface area (Å²) in [5.41, 5.74) is 1.86. The Labute approximate surface area is 175 Å². The maximum absolute atomic E-state index is 13.7. The van der Waals surface area contributed by atoms with E-state index in [0.29, 0.717) is 5.56 Å². The van der Waals surface area contributed by atoms with Gasteiger partial charge in [0.1, 0.15) is 11.9 Å². The first-order valence-corrected chi connectivity index (χ1v) is 11.2. The maximum atomic E-state index is 13.7. The lowest BCUT2D eigenvalue weighted by molar-refractivity contribution is 0.360. The van der Waals surface area contributed by atoms with Crippen LogP contribution in [0.1, 0.15) is 22.7 Å². The normalized spacial score (nSPS) is 21.2. The van der Waals surface area contributed by atoms with E-state index in [4.69, 9.17) is 0 Å². The van der Waals surface area contributed by atoms with Crippen molar-refractivity contribution >= 4 is 22.0 Å². The Bertz CT molecular complexity index is 1180. The molecule has 1 N–H and O–H groups in total. The molecule has 0 radical (unpaired) electrons. The van der Waals surface area contributed by atoms with Crippen LogP contribution < -0.4 is 9.62 Å². The second-order valence-corrected chi connectivity index (χ2v) is 9.02. The lowest BCUT2D eigenvalue weighted by Crippen LogP contribution is -2.49. The quantitative estimate of drug-likeness (QED) is 0.680. The first-order valence-electron chi connectivity index (χ1n) is 9.34. The number of benzene rings is 2. The van der Waals surface area contributed by atoms with Crippen molar-refractivity contribution in [3.8, 4) is 0 Å². The van der Waals surface area contributed by atoms with Crippen molar-refractivity contribution in [2.45, 2.75) is 18.6 Å². The first-order chi connectivity index (χ1) is 14.3. The molecule has 0 spiro atoms. The molecule has 154 valence electrons. The van der Waals surface area contributed by atoms with Gasteiger partial charge in [-0.25, -0.2) is 17.8 Å². The Morgan fingerprint density at radius 2 is 1.70 bits per heavy atom. The van der Waals surface area contributed by atoms with Crippen molar-refractivity contribution < 1.29 is 12.8 Å². The van der Waals surface area contributed by atoms with E-state index in [1.807, 2.05) is 48.2 Å². The molecule has 0 bridgehead atoms. The summed E-state index contributed by atoms with van der Waals surface area (Å²) in [6.45, 7) is 1.98. The van der Waals surface area contributed by atoms with Crippen LogP contribution in [0.5, 0.6) is 0 Å². The van der Waals surface area contributed by atoms with E-state index in [1.165, 1.54) is 12.1 Å². The number of halogens is 1. The summed E-state index contributed by atoms with van der Waals surface area (Å²) in [4.78, 5) is 10.7. The predicted molar refractivity (Wildman–Crippen MR) is 115 cm³/mol. The molecule has 6 nitrogen and oxygen atoms in total. The summed E-state index contributed by atoms with van der Waals surface area (Å²) >= 11 is 0. The Balaban J connectivity index is 1.97. The van der Waals surface area contributed by atoms with Crippen molar-refractivity contribution in [1.29, 1.82) is 0 Å². The van der Waals surface area contributed by atoms with Gasteiger partial charge in [-0.15, -0.1) is 0 Å². The van der Waals surface area contributed by atoms with Crippen LogP contribution in [0.2, 0.25) is 0 Å². The van der Waals surface area contributed by atoms with Crippen LogP contribution in [-0.2, 0) is 15.7 Å². The predicted octanol–water partition coefficient (Wildman–Crippen LogP) is 3.52. The zero-order chi connectivity index (χ0) is 21.4. The molecule has 8 heteroatoms. The van der Waals surface area contributed by atoms with E-state index in [1.54, 1.807) is 30.9 Å². The molecule has 0 saturated carbocycles. The third kappa shape index (κ3) is 3.71. The molecule has 2 atom stereocenters. The van der Waals surface area contributed by atoms with Crippen LogP contribution >= 0.6 is 0 Å². The van der Waals surface area contributed by atoms with E-state index < -0.39 is 27.5 Å². The Morgan fingerprint density at radius 3 is 2.33 bits per heavy atom. The second kappa shape index (κ2) is 7.62. The minimum Gasteiger partial charge on any atom is -0.321 e. The molecule has 1 aromatic heterocycles. The molecule has 1 aliphatic rings. The molecule has 0 fully saturated rings. The Hall–Kier alpha value is -3.10. The molecular formula is C22H21FN4O2S. The monoisotopic (exact) mass is 424 g/mol. The van der Waals surface area contributed by atoms with Gasteiger partial charge in [-0.1, -0.05) is 30.3 Å². The van der Waals surface area contributed by atoms with Crippen molar-refractivity contribution in [3.05, 3.63) is 95.6 Å². The average molecular weight is 425 g/mol. The van der Waals surface area contributed by atoms with Crippen LogP contribution in [0.4, 0.5) is 10.1 Å². The number of nitrogens with one attached hydrogen (secondary N) is 1. The van der Waals surface area contributed by atoms with Crippen LogP contribution in [-0.4, -0.2) is 26.0 Å². The van der Waals surface area contributed by atoms with E-state index in [9.17, 15) is 12.8 Å². The van der Waals surface area contributed by atoms with Crippen LogP contribution in [0.15, 0.2) is 78.0 Å². The van der Waals surface area contributed by atoms with Crippen molar-refractivity contribution in [2.24, 2.45) is 4.99 Å². The highest BCUT2D eigenvalue weighted by molar-refractivity contribution is 7.88. The number of para-hydroxylation sites is 1. The van der Waals surface area contributed by atoms with Gasteiger partial charge in [-0.2, -0.15) is 4.72 Å². The lowest BCUT2D eigenvalue weighted by Gasteiger charge is -2.38. The van der Waals surface area contributed by atoms with Gasteiger partial charge in [0, 0.05) is 18.1 Å². The van der Waals surface area contributed by atoms with Gasteiger partial charge in [0.2, 0.25) is 10.0 Å². The largest absolute Gasteiger partial charge is 0.321 e. The highest BCUT2D eigenvalue weighted by Gasteiger charge is 2.50. The first kappa shape index (κ1) is 20.2. The summed E-state index contributed by atoms with van der Waals surface area (Å²) in [6.07, 6.45) is 6.03. The van der Waals surface area contributed by atoms with Crippen LogP contribution in [0.25, 0.3) is 0 Å². The number of aliphatic imine (C=N–C) groups is 1. The van der Waals surface area contributed by atoms with Crippen LogP contribution in [0, 0.1) is 12.7 Å². The lowest BCUT2D eigenvalue weighted by atomic mass is 9.88. The van der Waals surface area contributed by atoms with Crippen LogP contribution in [0.3, 0.4) is 0 Å². The molecule has 2 unspecified atom stereocenters. The van der Waals surface area contributed by atoms with Crippen molar-refractivity contribution in [2.75, 3.05) is 11.2 Å². The number of sulfonamides is 1. The minimum absolute atomic E-state index is 0.411. The average Bonchev–Trinajstić information content (AvgIpc) is 3.07. The molecule has 30 heavy (non-hydrogen) atoms. The van der Waals surface area contributed by atoms with Gasteiger partial charge in [0.25, 0.3) is 0 Å². The van der Waals surface area contributed by atoms with Crippen molar-refractivity contribution in [1.82, 2.24) is 9.71 Å². The summed E-state index contributed by atoms with van der Waals surface area (Å²) in [7, 11) is -3.68. The molecule has 1 aliphatic heterocycles. The SMILES string of the molecule is Cc1ccccc1N1C=NC(NS(C)(=O)=O)(c2ccc(F)cc2)C1c1ccncc1. The summed E-state index contributed by atoms with van der Waals surface area (Å²) in [5, 5.41) is 0. The minimum atomic E-state index is -3.68. The molecule has 4 rings (SSSR count). The highest BCUT2D eigenvalue weighted by Crippen LogP contribution is 2.46. The fourth-order valence-electron chi connectivity index (χ4n) is 3.85. The number of hydrogen-bond acceptors (Lipinski definition) is 5. The third-order valence-electron chi connectivity index (χ3n) is 5.10. The Kier molecular flexibility index (Phi) is 5.13. The van der Waals surface area contributed by atoms with E-state index in [-0.39, 0.29) is 0 Å². The second-order valence-electron chi connectivity index (χ2n) is 7.27. The highest BCUT2D eigenvalue weighted by atomic mass is 32.2. The van der Waals surface area contributed by atoms with Gasteiger partial charge in [0.05, 0.1) is 12.6 Å². The summed E-state index contributed by atoms with van der Waals surface area (Å²) in [5.74, 6) is -0.411. The van der Waals surface area contributed by atoms with E-state index >= 15 is 0 Å². The molecule has 2 aromatic carbocycles. The van der Waals surface area contributed by atoms with Gasteiger partial charge in [-0.05, 0) is 53.9 Å². The van der Waals surface area contributed by atoms with E-state index in [2.05, 4.69) is 14.7 Å². The van der Waals surface area contributed by atoms with Gasteiger partial charge in [0.15, 0.2) is 5.66 Å². The van der Waals surface area contributed by atoms with Gasteiger partial charge in [-0.3, -0.25) is 4.98 Å². The molecule has 2 heterocycles. The number of anilines is 1. The fourth-order valence-corrected chi connectivity index (χ4v) is 4.70. The topological polar surface area (TPSA) is 74.7 Å².